The molecule has 0 radical (unpaired) electrons. The topological polar surface area (TPSA) is 63.2 Å². The van der Waals surface area contributed by atoms with Gasteiger partial charge in [0.25, 0.3) is 5.91 Å². The molecule has 5 nitrogen and oxygen atoms in total. The minimum atomic E-state index is -0.204. The molecule has 1 amide bonds. The highest BCUT2D eigenvalue weighted by molar-refractivity contribution is 5.93. The van der Waals surface area contributed by atoms with Gasteiger partial charge in [0.15, 0.2) is 0 Å². The van der Waals surface area contributed by atoms with Crippen molar-refractivity contribution in [3.8, 4) is 5.75 Å². The standard InChI is InChI=1S/C21H21N3O2/c1-26-19-9-7-17(8-10-19)15-24-21(25)20-13-18(11-12-22-20)23-14-16-5-3-2-4-6-16/h2-13H,14-15H2,1H3,(H,22,23)(H,24,25). The Bertz CT molecular complexity index is 849. The normalized spacial score (nSPS) is 10.2. The van der Waals surface area contributed by atoms with Crippen molar-refractivity contribution in [2.75, 3.05) is 12.4 Å². The van der Waals surface area contributed by atoms with E-state index in [2.05, 4.69) is 27.8 Å². The third kappa shape index (κ3) is 4.83. The molecule has 0 unspecified atom stereocenters. The summed E-state index contributed by atoms with van der Waals surface area (Å²) in [7, 11) is 1.63. The fraction of sp³-hybridized carbons (Fsp3) is 0.143. The maximum Gasteiger partial charge on any atom is 0.270 e. The molecule has 0 aliphatic rings. The fourth-order valence-corrected chi connectivity index (χ4v) is 2.48. The van der Waals surface area contributed by atoms with Crippen LogP contribution in [0.2, 0.25) is 0 Å². The van der Waals surface area contributed by atoms with E-state index in [1.807, 2.05) is 48.5 Å². The molecule has 2 N–H and O–H groups in total. The van der Waals surface area contributed by atoms with Crippen molar-refractivity contribution < 1.29 is 9.53 Å². The predicted octanol–water partition coefficient (Wildman–Crippen LogP) is 3.63. The molecular formula is C21H21N3O2. The Hall–Kier alpha value is -3.34. The third-order valence-electron chi connectivity index (χ3n) is 3.94. The lowest BCUT2D eigenvalue weighted by Crippen LogP contribution is -2.23. The number of hydrogen-bond donors (Lipinski definition) is 2. The van der Waals surface area contributed by atoms with Crippen LogP contribution >= 0.6 is 0 Å². The van der Waals surface area contributed by atoms with Crippen molar-refractivity contribution >= 4 is 11.6 Å². The molecule has 5 heteroatoms. The summed E-state index contributed by atoms with van der Waals surface area (Å²) in [5.74, 6) is 0.586. The molecule has 0 aliphatic carbocycles. The summed E-state index contributed by atoms with van der Waals surface area (Å²) in [5.41, 5.74) is 3.42. The van der Waals surface area contributed by atoms with Crippen LogP contribution in [0.15, 0.2) is 72.9 Å². The summed E-state index contributed by atoms with van der Waals surface area (Å²) < 4.78 is 5.13. The first kappa shape index (κ1) is 17.5. The van der Waals surface area contributed by atoms with Crippen molar-refractivity contribution in [2.24, 2.45) is 0 Å². The number of aromatic nitrogens is 1. The first-order chi connectivity index (χ1) is 12.7. The van der Waals surface area contributed by atoms with Crippen LogP contribution < -0.4 is 15.4 Å². The van der Waals surface area contributed by atoms with Crippen LogP contribution in [-0.2, 0) is 13.1 Å². The molecule has 0 saturated heterocycles. The first-order valence-electron chi connectivity index (χ1n) is 8.39. The third-order valence-corrected chi connectivity index (χ3v) is 3.94. The van der Waals surface area contributed by atoms with Gasteiger partial charge in [-0.2, -0.15) is 0 Å². The lowest BCUT2D eigenvalue weighted by Gasteiger charge is -2.09. The Kier molecular flexibility index (Phi) is 5.83. The zero-order valence-electron chi connectivity index (χ0n) is 14.6. The molecule has 26 heavy (non-hydrogen) atoms. The van der Waals surface area contributed by atoms with Crippen LogP contribution in [0.1, 0.15) is 21.6 Å². The summed E-state index contributed by atoms with van der Waals surface area (Å²) in [6.07, 6.45) is 1.63. The summed E-state index contributed by atoms with van der Waals surface area (Å²) in [6.45, 7) is 1.13. The Morgan fingerprint density at radius 3 is 2.42 bits per heavy atom. The first-order valence-corrected chi connectivity index (χ1v) is 8.39. The maximum atomic E-state index is 12.3. The van der Waals surface area contributed by atoms with Crippen molar-refractivity contribution in [1.29, 1.82) is 0 Å². The Morgan fingerprint density at radius 2 is 1.69 bits per heavy atom. The van der Waals surface area contributed by atoms with Gasteiger partial charge in [-0.05, 0) is 35.4 Å². The molecule has 0 spiro atoms. The van der Waals surface area contributed by atoms with Crippen LogP contribution in [-0.4, -0.2) is 18.0 Å². The largest absolute Gasteiger partial charge is 0.497 e. The van der Waals surface area contributed by atoms with Crippen LogP contribution in [0.5, 0.6) is 5.75 Å². The smallest absolute Gasteiger partial charge is 0.270 e. The number of carbonyl (C=O) groups excluding carboxylic acids is 1. The van der Waals surface area contributed by atoms with Crippen LogP contribution in [0.3, 0.4) is 0 Å². The number of benzene rings is 2. The van der Waals surface area contributed by atoms with Gasteiger partial charge in [-0.25, -0.2) is 0 Å². The average molecular weight is 347 g/mol. The lowest BCUT2D eigenvalue weighted by atomic mass is 10.2. The summed E-state index contributed by atoms with van der Waals surface area (Å²) in [6, 6.07) is 21.3. The zero-order valence-corrected chi connectivity index (χ0v) is 14.6. The molecule has 0 aliphatic heterocycles. The Balaban J connectivity index is 1.57. The number of rotatable bonds is 7. The Morgan fingerprint density at radius 1 is 0.962 bits per heavy atom. The molecule has 1 aromatic heterocycles. The average Bonchev–Trinajstić information content (AvgIpc) is 2.72. The second-order valence-electron chi connectivity index (χ2n) is 5.80. The van der Waals surface area contributed by atoms with Crippen molar-refractivity contribution in [3.05, 3.63) is 89.7 Å². The molecule has 1 heterocycles. The SMILES string of the molecule is COc1ccc(CNC(=O)c2cc(NCc3ccccc3)ccn2)cc1. The van der Waals surface area contributed by atoms with Crippen LogP contribution in [0, 0.1) is 0 Å². The highest BCUT2D eigenvalue weighted by Crippen LogP contribution is 2.12. The number of nitrogens with zero attached hydrogens (tertiary/aromatic N) is 1. The van der Waals surface area contributed by atoms with Crippen molar-refractivity contribution in [3.63, 3.8) is 0 Å². The number of methoxy groups -OCH3 is 1. The van der Waals surface area contributed by atoms with E-state index in [1.54, 1.807) is 19.4 Å². The monoisotopic (exact) mass is 347 g/mol. The number of ether oxygens (including phenoxy) is 1. The van der Waals surface area contributed by atoms with Gasteiger partial charge in [0, 0.05) is 25.0 Å². The van der Waals surface area contributed by atoms with Gasteiger partial charge in [0.05, 0.1) is 7.11 Å². The molecule has 0 saturated carbocycles. The summed E-state index contributed by atoms with van der Waals surface area (Å²) in [4.78, 5) is 16.5. The Labute approximate surface area is 153 Å². The van der Waals surface area contributed by atoms with Gasteiger partial charge in [0.1, 0.15) is 11.4 Å². The van der Waals surface area contributed by atoms with E-state index in [-0.39, 0.29) is 5.91 Å². The van der Waals surface area contributed by atoms with Crippen LogP contribution in [0.25, 0.3) is 0 Å². The number of carbonyl (C=O) groups is 1. The van der Waals surface area contributed by atoms with Gasteiger partial charge in [0.2, 0.25) is 0 Å². The van der Waals surface area contributed by atoms with Gasteiger partial charge in [-0.1, -0.05) is 42.5 Å². The fourth-order valence-electron chi connectivity index (χ4n) is 2.48. The highest BCUT2D eigenvalue weighted by Gasteiger charge is 2.08. The molecule has 3 aromatic rings. The minimum absolute atomic E-state index is 0.204. The van der Waals surface area contributed by atoms with Crippen molar-refractivity contribution in [1.82, 2.24) is 10.3 Å². The maximum absolute atomic E-state index is 12.3. The molecule has 3 rings (SSSR count). The van der Waals surface area contributed by atoms with E-state index in [0.717, 1.165) is 17.0 Å². The molecule has 0 fully saturated rings. The number of amides is 1. The molecule has 2 aromatic carbocycles. The summed E-state index contributed by atoms with van der Waals surface area (Å²) in [5, 5.41) is 6.19. The molecule has 0 bridgehead atoms. The number of pyridine rings is 1. The zero-order chi connectivity index (χ0) is 18.2. The minimum Gasteiger partial charge on any atom is -0.497 e. The highest BCUT2D eigenvalue weighted by atomic mass is 16.5. The predicted molar refractivity (Wildman–Crippen MR) is 102 cm³/mol. The van der Waals surface area contributed by atoms with E-state index in [9.17, 15) is 4.79 Å². The van der Waals surface area contributed by atoms with Gasteiger partial charge < -0.3 is 15.4 Å². The van der Waals surface area contributed by atoms with Crippen LogP contribution in [0.4, 0.5) is 5.69 Å². The van der Waals surface area contributed by atoms with E-state index in [1.165, 1.54) is 5.56 Å². The second-order valence-corrected chi connectivity index (χ2v) is 5.80. The lowest BCUT2D eigenvalue weighted by molar-refractivity contribution is 0.0946. The van der Waals surface area contributed by atoms with Gasteiger partial charge in [-0.3, -0.25) is 9.78 Å². The summed E-state index contributed by atoms with van der Waals surface area (Å²) >= 11 is 0. The van der Waals surface area contributed by atoms with E-state index >= 15 is 0 Å². The van der Waals surface area contributed by atoms with E-state index in [0.29, 0.717) is 18.8 Å². The molecular weight excluding hydrogens is 326 g/mol. The second kappa shape index (κ2) is 8.67. The number of anilines is 1. The quantitative estimate of drug-likeness (QED) is 0.685. The van der Waals surface area contributed by atoms with Crippen molar-refractivity contribution in [2.45, 2.75) is 13.1 Å². The van der Waals surface area contributed by atoms with Gasteiger partial charge in [-0.15, -0.1) is 0 Å². The van der Waals surface area contributed by atoms with E-state index < -0.39 is 0 Å². The van der Waals surface area contributed by atoms with Gasteiger partial charge >= 0.3 is 0 Å². The van der Waals surface area contributed by atoms with E-state index in [4.69, 9.17) is 4.74 Å². The number of hydrogen-bond acceptors (Lipinski definition) is 4. The molecule has 0 atom stereocenters. The number of nitrogens with one attached hydrogen (secondary N) is 2. The molecule has 132 valence electrons.